The molecule has 2 heterocycles. The van der Waals surface area contributed by atoms with Gasteiger partial charge in [0.15, 0.2) is 0 Å². The molecule has 4 heteroatoms. The summed E-state index contributed by atoms with van der Waals surface area (Å²) in [6, 6.07) is 0.551. The molecule has 2 aliphatic heterocycles. The summed E-state index contributed by atoms with van der Waals surface area (Å²) in [6.45, 7) is 4.02. The van der Waals surface area contributed by atoms with Gasteiger partial charge in [-0.3, -0.25) is 0 Å². The fourth-order valence-corrected chi connectivity index (χ4v) is 2.57. The quantitative estimate of drug-likeness (QED) is 0.546. The zero-order chi connectivity index (χ0) is 9.97. The van der Waals surface area contributed by atoms with Crippen LogP contribution in [0.4, 0.5) is 0 Å². The average molecular weight is 200 g/mol. The molecule has 4 unspecified atom stereocenters. The fraction of sp³-hybridized carbons (Fsp3) is 1.00. The Hall–Kier alpha value is -0.160. The predicted molar refractivity (Wildman–Crippen MR) is 54.0 cm³/mol. The Morgan fingerprint density at radius 1 is 1.36 bits per heavy atom. The highest BCUT2D eigenvalue weighted by Gasteiger charge is 2.33. The third-order valence-corrected chi connectivity index (χ3v) is 3.46. The number of hydrogen-bond donors (Lipinski definition) is 3. The van der Waals surface area contributed by atoms with E-state index in [2.05, 4.69) is 10.2 Å². The molecule has 2 rings (SSSR count). The maximum absolute atomic E-state index is 9.24. The van der Waals surface area contributed by atoms with Crippen molar-refractivity contribution in [2.45, 2.75) is 25.0 Å². The lowest BCUT2D eigenvalue weighted by atomic mass is 9.94. The van der Waals surface area contributed by atoms with E-state index in [1.54, 1.807) is 0 Å². The van der Waals surface area contributed by atoms with Gasteiger partial charge in [0.1, 0.15) is 0 Å². The maximum atomic E-state index is 9.24. The lowest BCUT2D eigenvalue weighted by Gasteiger charge is -2.31. The van der Waals surface area contributed by atoms with Crippen molar-refractivity contribution in [1.29, 1.82) is 0 Å². The van der Waals surface area contributed by atoms with Crippen LogP contribution in [0.25, 0.3) is 0 Å². The highest BCUT2D eigenvalue weighted by Crippen LogP contribution is 2.26. The zero-order valence-electron chi connectivity index (χ0n) is 8.52. The Morgan fingerprint density at radius 3 is 2.93 bits per heavy atom. The van der Waals surface area contributed by atoms with Gasteiger partial charge >= 0.3 is 0 Å². The molecule has 2 aliphatic rings. The molecule has 0 aromatic carbocycles. The summed E-state index contributed by atoms with van der Waals surface area (Å²) in [5.41, 5.74) is 0. The molecule has 2 fully saturated rings. The molecule has 0 aromatic rings. The molecule has 0 amide bonds. The Morgan fingerprint density at radius 2 is 2.14 bits per heavy atom. The number of aliphatic hydroxyl groups excluding tert-OH is 2. The summed E-state index contributed by atoms with van der Waals surface area (Å²) in [5.74, 6) is 0.759. The lowest BCUT2D eigenvalue weighted by molar-refractivity contribution is 0.0866. The van der Waals surface area contributed by atoms with Gasteiger partial charge in [-0.15, -0.1) is 0 Å². The summed E-state index contributed by atoms with van der Waals surface area (Å²) in [7, 11) is 0. The average Bonchev–Trinajstić information content (AvgIpc) is 2.60. The van der Waals surface area contributed by atoms with Gasteiger partial charge in [0.05, 0.1) is 12.7 Å². The van der Waals surface area contributed by atoms with E-state index in [0.29, 0.717) is 12.6 Å². The molecule has 0 radical (unpaired) electrons. The minimum absolute atomic E-state index is 0.142. The SMILES string of the molecule is OCC(O)CNC1CCN2CCC1C2. The van der Waals surface area contributed by atoms with E-state index in [-0.39, 0.29) is 6.61 Å². The molecular formula is C10H20N2O2. The number of fused-ring (bicyclic) bond motifs is 2. The summed E-state index contributed by atoms with van der Waals surface area (Å²) >= 11 is 0. The van der Waals surface area contributed by atoms with Crippen LogP contribution in [0.15, 0.2) is 0 Å². The van der Waals surface area contributed by atoms with E-state index in [9.17, 15) is 5.11 Å². The molecule has 14 heavy (non-hydrogen) atoms. The van der Waals surface area contributed by atoms with Gasteiger partial charge in [-0.05, 0) is 31.8 Å². The van der Waals surface area contributed by atoms with E-state index < -0.39 is 6.10 Å². The number of piperidine rings is 1. The van der Waals surface area contributed by atoms with Crippen LogP contribution in [0.2, 0.25) is 0 Å². The smallest absolute Gasteiger partial charge is 0.0895 e. The molecule has 2 saturated heterocycles. The van der Waals surface area contributed by atoms with E-state index in [1.807, 2.05) is 0 Å². The van der Waals surface area contributed by atoms with E-state index in [0.717, 1.165) is 5.92 Å². The van der Waals surface area contributed by atoms with Gasteiger partial charge in [0, 0.05) is 19.1 Å². The first-order valence-electron chi connectivity index (χ1n) is 5.54. The Kier molecular flexibility index (Phi) is 3.38. The number of rotatable bonds is 4. The topological polar surface area (TPSA) is 55.7 Å². The van der Waals surface area contributed by atoms with Crippen LogP contribution in [-0.2, 0) is 0 Å². The monoisotopic (exact) mass is 200 g/mol. The van der Waals surface area contributed by atoms with Crippen molar-refractivity contribution in [3.05, 3.63) is 0 Å². The van der Waals surface area contributed by atoms with E-state index >= 15 is 0 Å². The number of hydrogen-bond acceptors (Lipinski definition) is 4. The summed E-state index contributed by atoms with van der Waals surface area (Å²) in [5, 5.41) is 21.3. The second kappa shape index (κ2) is 4.57. The Bertz CT molecular complexity index is 189. The largest absolute Gasteiger partial charge is 0.394 e. The van der Waals surface area contributed by atoms with Crippen molar-refractivity contribution < 1.29 is 10.2 Å². The fourth-order valence-electron chi connectivity index (χ4n) is 2.57. The van der Waals surface area contributed by atoms with Crippen LogP contribution < -0.4 is 5.32 Å². The predicted octanol–water partition coefficient (Wildman–Crippen LogP) is -0.977. The first-order valence-corrected chi connectivity index (χ1v) is 5.54. The van der Waals surface area contributed by atoms with Gasteiger partial charge in [-0.25, -0.2) is 0 Å². The molecule has 0 aromatic heterocycles. The standard InChI is InChI=1S/C10H20N2O2/c13-7-9(14)5-11-10-2-4-12-3-1-8(10)6-12/h8-11,13-14H,1-7H2. The normalized spacial score (nSPS) is 38.6. The van der Waals surface area contributed by atoms with Crippen molar-refractivity contribution in [1.82, 2.24) is 10.2 Å². The Balaban J connectivity index is 1.75. The van der Waals surface area contributed by atoms with Crippen molar-refractivity contribution >= 4 is 0 Å². The molecule has 2 bridgehead atoms. The van der Waals surface area contributed by atoms with Crippen LogP contribution in [0, 0.1) is 5.92 Å². The highest BCUT2D eigenvalue weighted by atomic mass is 16.3. The lowest BCUT2D eigenvalue weighted by Crippen LogP contribution is -2.46. The summed E-state index contributed by atoms with van der Waals surface area (Å²) in [6.07, 6.45) is 1.87. The first kappa shape index (κ1) is 10.4. The van der Waals surface area contributed by atoms with Crippen molar-refractivity contribution in [3.8, 4) is 0 Å². The van der Waals surface area contributed by atoms with Crippen LogP contribution in [-0.4, -0.2) is 60.0 Å². The van der Waals surface area contributed by atoms with Crippen LogP contribution in [0.5, 0.6) is 0 Å². The maximum Gasteiger partial charge on any atom is 0.0895 e. The van der Waals surface area contributed by atoms with Crippen molar-refractivity contribution in [2.24, 2.45) is 5.92 Å². The molecule has 4 nitrogen and oxygen atoms in total. The van der Waals surface area contributed by atoms with Crippen LogP contribution >= 0.6 is 0 Å². The van der Waals surface area contributed by atoms with Crippen molar-refractivity contribution in [2.75, 3.05) is 32.8 Å². The molecule has 82 valence electrons. The van der Waals surface area contributed by atoms with Gasteiger partial charge in [-0.1, -0.05) is 0 Å². The van der Waals surface area contributed by atoms with Gasteiger partial charge in [-0.2, -0.15) is 0 Å². The highest BCUT2D eigenvalue weighted by molar-refractivity contribution is 4.90. The third-order valence-electron chi connectivity index (χ3n) is 3.46. The van der Waals surface area contributed by atoms with Crippen LogP contribution in [0.3, 0.4) is 0 Å². The molecule has 0 aliphatic carbocycles. The second-order valence-electron chi connectivity index (χ2n) is 4.49. The summed E-state index contributed by atoms with van der Waals surface area (Å²) < 4.78 is 0. The number of nitrogens with one attached hydrogen (secondary N) is 1. The molecule has 3 N–H and O–H groups in total. The number of aliphatic hydroxyl groups is 2. The Labute approximate surface area is 84.9 Å². The molecule has 0 saturated carbocycles. The zero-order valence-corrected chi connectivity index (χ0v) is 8.52. The van der Waals surface area contributed by atoms with Crippen LogP contribution in [0.1, 0.15) is 12.8 Å². The minimum Gasteiger partial charge on any atom is -0.394 e. The molecular weight excluding hydrogens is 180 g/mol. The molecule has 4 atom stereocenters. The van der Waals surface area contributed by atoms with E-state index in [1.165, 1.54) is 32.5 Å². The second-order valence-corrected chi connectivity index (χ2v) is 4.49. The number of nitrogens with zero attached hydrogens (tertiary/aromatic N) is 1. The first-order chi connectivity index (χ1) is 6.79. The summed E-state index contributed by atoms with van der Waals surface area (Å²) in [4.78, 5) is 2.51. The van der Waals surface area contributed by atoms with E-state index in [4.69, 9.17) is 5.11 Å². The van der Waals surface area contributed by atoms with Gasteiger partial charge in [0.25, 0.3) is 0 Å². The third kappa shape index (κ3) is 2.25. The molecule has 0 spiro atoms. The van der Waals surface area contributed by atoms with Gasteiger partial charge in [0.2, 0.25) is 0 Å². The van der Waals surface area contributed by atoms with Crippen molar-refractivity contribution in [3.63, 3.8) is 0 Å². The minimum atomic E-state index is -0.602. The van der Waals surface area contributed by atoms with Gasteiger partial charge < -0.3 is 20.4 Å².